The molecule has 0 bridgehead atoms. The molecule has 0 heterocycles. The van der Waals surface area contributed by atoms with Crippen LogP contribution in [-0.2, 0) is 0 Å². The lowest BCUT2D eigenvalue weighted by Crippen LogP contribution is -2.15. The summed E-state index contributed by atoms with van der Waals surface area (Å²) >= 11 is 15.2. The van der Waals surface area contributed by atoms with Gasteiger partial charge in [0.25, 0.3) is 5.91 Å². The van der Waals surface area contributed by atoms with Crippen LogP contribution in [0.5, 0.6) is 0 Å². The Hall–Kier alpha value is -1.23. The number of halogens is 3. The summed E-state index contributed by atoms with van der Waals surface area (Å²) in [4.78, 5) is 12.2. The van der Waals surface area contributed by atoms with Crippen LogP contribution in [0.3, 0.4) is 0 Å². The van der Waals surface area contributed by atoms with E-state index in [1.165, 1.54) is 0 Å². The lowest BCUT2D eigenvalue weighted by molar-refractivity contribution is 0.102. The average molecular weight is 360 g/mol. The number of nitrogen functional groups attached to an aromatic ring is 1. The molecule has 0 aliphatic rings. The largest absolute Gasteiger partial charge is 0.398 e. The third-order valence-corrected chi connectivity index (χ3v) is 4.19. The van der Waals surface area contributed by atoms with Gasteiger partial charge in [-0.3, -0.25) is 4.79 Å². The molecule has 0 spiro atoms. The molecule has 19 heavy (non-hydrogen) atoms. The van der Waals surface area contributed by atoms with Gasteiger partial charge in [-0.05, 0) is 40.2 Å². The lowest BCUT2D eigenvalue weighted by Gasteiger charge is -2.11. The Morgan fingerprint density at radius 2 is 1.74 bits per heavy atom. The standard InChI is InChI=1S/C13H9BrCl2N2O/c14-12-8(16)4-2-6-10(12)18-13(19)11-7(15)3-1-5-9(11)17/h1-6H,17H2,(H,18,19). The molecule has 3 N–H and O–H groups in total. The molecule has 6 heteroatoms. The summed E-state index contributed by atoms with van der Waals surface area (Å²) in [5.74, 6) is -0.383. The number of rotatable bonds is 2. The van der Waals surface area contributed by atoms with E-state index in [-0.39, 0.29) is 11.5 Å². The molecule has 0 unspecified atom stereocenters. The molecule has 3 nitrogen and oxygen atoms in total. The van der Waals surface area contributed by atoms with Gasteiger partial charge in [0.05, 0.1) is 25.8 Å². The number of benzene rings is 2. The Kier molecular flexibility index (Phi) is 4.34. The van der Waals surface area contributed by atoms with E-state index in [9.17, 15) is 4.79 Å². The van der Waals surface area contributed by atoms with Crippen LogP contribution < -0.4 is 11.1 Å². The van der Waals surface area contributed by atoms with Crippen LogP contribution in [0.25, 0.3) is 0 Å². The minimum Gasteiger partial charge on any atom is -0.398 e. The van der Waals surface area contributed by atoms with Gasteiger partial charge in [0.15, 0.2) is 0 Å². The summed E-state index contributed by atoms with van der Waals surface area (Å²) in [7, 11) is 0. The number of nitrogens with one attached hydrogen (secondary N) is 1. The number of carbonyl (C=O) groups is 1. The van der Waals surface area contributed by atoms with Crippen LogP contribution in [0.4, 0.5) is 11.4 Å². The average Bonchev–Trinajstić information content (AvgIpc) is 2.35. The summed E-state index contributed by atoms with van der Waals surface area (Å²) in [6.07, 6.45) is 0. The van der Waals surface area contributed by atoms with Crippen LogP contribution in [0.2, 0.25) is 10.0 Å². The summed E-state index contributed by atoms with van der Waals surface area (Å²) in [6, 6.07) is 10.1. The van der Waals surface area contributed by atoms with E-state index in [1.54, 1.807) is 36.4 Å². The number of hydrogen-bond acceptors (Lipinski definition) is 2. The molecule has 1 amide bonds. The van der Waals surface area contributed by atoms with Crippen molar-refractivity contribution in [3.8, 4) is 0 Å². The molecule has 0 saturated carbocycles. The molecule has 0 radical (unpaired) electrons. The van der Waals surface area contributed by atoms with Gasteiger partial charge in [0, 0.05) is 5.69 Å². The van der Waals surface area contributed by atoms with E-state index in [0.717, 1.165) is 0 Å². The van der Waals surface area contributed by atoms with Gasteiger partial charge in [0.2, 0.25) is 0 Å². The van der Waals surface area contributed by atoms with Gasteiger partial charge in [-0.15, -0.1) is 0 Å². The fourth-order valence-electron chi connectivity index (χ4n) is 1.57. The van der Waals surface area contributed by atoms with E-state index in [1.807, 2.05) is 0 Å². The Bertz CT molecular complexity index is 626. The second-order valence-electron chi connectivity index (χ2n) is 3.76. The number of nitrogens with two attached hydrogens (primary N) is 1. The molecule has 0 saturated heterocycles. The highest BCUT2D eigenvalue weighted by Crippen LogP contribution is 2.31. The first-order chi connectivity index (χ1) is 9.00. The number of carbonyl (C=O) groups excluding carboxylic acids is 1. The van der Waals surface area contributed by atoms with Gasteiger partial charge < -0.3 is 11.1 Å². The van der Waals surface area contributed by atoms with Crippen molar-refractivity contribution in [2.45, 2.75) is 0 Å². The zero-order chi connectivity index (χ0) is 14.0. The van der Waals surface area contributed by atoms with Crippen molar-refractivity contribution in [2.24, 2.45) is 0 Å². The third kappa shape index (κ3) is 3.03. The predicted molar refractivity (Wildman–Crippen MR) is 83.0 cm³/mol. The van der Waals surface area contributed by atoms with Crippen molar-refractivity contribution in [1.29, 1.82) is 0 Å². The van der Waals surface area contributed by atoms with Gasteiger partial charge >= 0.3 is 0 Å². The zero-order valence-corrected chi connectivity index (χ0v) is 12.7. The molecular formula is C13H9BrCl2N2O. The Morgan fingerprint density at radius 1 is 1.11 bits per heavy atom. The van der Waals surface area contributed by atoms with Gasteiger partial charge in [-0.25, -0.2) is 0 Å². The van der Waals surface area contributed by atoms with Crippen molar-refractivity contribution in [3.63, 3.8) is 0 Å². The van der Waals surface area contributed by atoms with E-state index < -0.39 is 0 Å². The molecular weight excluding hydrogens is 351 g/mol. The van der Waals surface area contributed by atoms with Crippen LogP contribution in [0.1, 0.15) is 10.4 Å². The first kappa shape index (κ1) is 14.2. The van der Waals surface area contributed by atoms with Gasteiger partial charge in [-0.1, -0.05) is 35.3 Å². The maximum absolute atomic E-state index is 12.2. The summed E-state index contributed by atoms with van der Waals surface area (Å²) < 4.78 is 0.607. The van der Waals surface area contributed by atoms with Gasteiger partial charge in [0.1, 0.15) is 0 Å². The normalized spacial score (nSPS) is 10.3. The number of hydrogen-bond donors (Lipinski definition) is 2. The zero-order valence-electron chi connectivity index (χ0n) is 9.58. The van der Waals surface area contributed by atoms with Crippen LogP contribution in [0, 0.1) is 0 Å². The Morgan fingerprint density at radius 3 is 2.42 bits per heavy atom. The molecule has 0 atom stereocenters. The SMILES string of the molecule is Nc1cccc(Cl)c1C(=O)Nc1cccc(Cl)c1Br. The fourth-order valence-corrected chi connectivity index (χ4v) is 2.37. The Balaban J connectivity index is 2.34. The van der Waals surface area contributed by atoms with Crippen molar-refractivity contribution in [1.82, 2.24) is 0 Å². The van der Waals surface area contributed by atoms with E-state index in [2.05, 4.69) is 21.2 Å². The minimum atomic E-state index is -0.383. The molecule has 0 aliphatic heterocycles. The molecule has 0 aromatic heterocycles. The lowest BCUT2D eigenvalue weighted by atomic mass is 10.1. The topological polar surface area (TPSA) is 55.1 Å². The van der Waals surface area contributed by atoms with Crippen molar-refractivity contribution >= 4 is 56.4 Å². The number of amides is 1. The molecule has 0 fully saturated rings. The van der Waals surface area contributed by atoms with Crippen LogP contribution in [-0.4, -0.2) is 5.91 Å². The first-order valence-electron chi connectivity index (χ1n) is 5.30. The maximum Gasteiger partial charge on any atom is 0.259 e. The third-order valence-electron chi connectivity index (χ3n) is 2.47. The molecule has 2 rings (SSSR count). The van der Waals surface area contributed by atoms with Crippen LogP contribution in [0.15, 0.2) is 40.9 Å². The van der Waals surface area contributed by atoms with Crippen molar-refractivity contribution in [2.75, 3.05) is 11.1 Å². The molecule has 2 aromatic carbocycles. The van der Waals surface area contributed by atoms with E-state index in [4.69, 9.17) is 28.9 Å². The summed E-state index contributed by atoms with van der Waals surface area (Å²) in [6.45, 7) is 0. The second kappa shape index (κ2) is 5.82. The predicted octanol–water partition coefficient (Wildman–Crippen LogP) is 4.59. The molecule has 2 aromatic rings. The summed E-state index contributed by atoms with van der Waals surface area (Å²) in [5, 5.41) is 3.52. The van der Waals surface area contributed by atoms with Crippen LogP contribution >= 0.6 is 39.1 Å². The monoisotopic (exact) mass is 358 g/mol. The fraction of sp³-hybridized carbons (Fsp3) is 0. The van der Waals surface area contributed by atoms with Crippen molar-refractivity contribution < 1.29 is 4.79 Å². The Labute approximate surface area is 128 Å². The smallest absolute Gasteiger partial charge is 0.259 e. The minimum absolute atomic E-state index is 0.246. The first-order valence-corrected chi connectivity index (χ1v) is 6.85. The van der Waals surface area contributed by atoms with E-state index in [0.29, 0.717) is 25.9 Å². The van der Waals surface area contributed by atoms with Gasteiger partial charge in [-0.2, -0.15) is 0 Å². The summed E-state index contributed by atoms with van der Waals surface area (Å²) in [5.41, 5.74) is 6.88. The second-order valence-corrected chi connectivity index (χ2v) is 5.37. The number of anilines is 2. The highest BCUT2D eigenvalue weighted by atomic mass is 79.9. The highest BCUT2D eigenvalue weighted by molar-refractivity contribution is 9.10. The quantitative estimate of drug-likeness (QED) is 0.770. The maximum atomic E-state index is 12.2. The van der Waals surface area contributed by atoms with Crippen molar-refractivity contribution in [3.05, 3.63) is 56.5 Å². The molecule has 98 valence electrons. The highest BCUT2D eigenvalue weighted by Gasteiger charge is 2.15. The van der Waals surface area contributed by atoms with E-state index >= 15 is 0 Å². The molecule has 0 aliphatic carbocycles.